The molecule has 1 N–H and O–H groups in total. The van der Waals surface area contributed by atoms with E-state index in [0.717, 1.165) is 38.6 Å². The van der Waals surface area contributed by atoms with Crippen LogP contribution < -0.4 is 10.2 Å². The topological polar surface area (TPSA) is 18.5 Å². The monoisotopic (exact) mass is 429 g/mol. The Morgan fingerprint density at radius 2 is 1.45 bits per heavy atom. The van der Waals surface area contributed by atoms with E-state index in [2.05, 4.69) is 67.2 Å². The Morgan fingerprint density at radius 1 is 0.806 bits per heavy atom. The van der Waals surface area contributed by atoms with Crippen molar-refractivity contribution in [2.75, 3.05) is 44.7 Å². The van der Waals surface area contributed by atoms with E-state index in [1.165, 1.54) is 81.9 Å². The summed E-state index contributed by atoms with van der Waals surface area (Å²) in [5, 5.41) is 3.96. The summed E-state index contributed by atoms with van der Waals surface area (Å²) in [6.45, 7) is 12.8. The van der Waals surface area contributed by atoms with Crippen molar-refractivity contribution in [1.82, 2.24) is 10.2 Å². The Hall–Kier alpha value is -1.06. The Bertz CT molecular complexity index is 565. The highest BCUT2D eigenvalue weighted by Crippen LogP contribution is 2.30. The van der Waals surface area contributed by atoms with E-state index in [1.54, 1.807) is 0 Å². The number of hydrogen-bond acceptors (Lipinski definition) is 3. The number of likely N-dealkylation sites (N-methyl/N-ethyl adjacent to an activating group) is 1. The molecule has 3 nitrogen and oxygen atoms in total. The molecule has 0 aliphatic carbocycles. The lowest BCUT2D eigenvalue weighted by Crippen LogP contribution is -2.45. The lowest BCUT2D eigenvalue weighted by Gasteiger charge is -2.36. The van der Waals surface area contributed by atoms with E-state index in [0.29, 0.717) is 6.04 Å². The van der Waals surface area contributed by atoms with Crippen LogP contribution in [0.25, 0.3) is 0 Å². The number of nitrogens with one attached hydrogen (secondary N) is 1. The van der Waals surface area contributed by atoms with Gasteiger partial charge in [0, 0.05) is 37.9 Å². The van der Waals surface area contributed by atoms with Crippen molar-refractivity contribution >= 4 is 5.69 Å². The maximum atomic E-state index is 3.96. The molecule has 0 radical (unpaired) electrons. The predicted molar refractivity (Wildman–Crippen MR) is 138 cm³/mol. The molecule has 2 atom stereocenters. The smallest absolute Gasteiger partial charge is 0.0415 e. The van der Waals surface area contributed by atoms with E-state index in [1.807, 2.05) is 0 Å². The number of piperazine rings is 1. The average Bonchev–Trinajstić information content (AvgIpc) is 2.79. The number of hydrogen-bond donors (Lipinski definition) is 1. The highest BCUT2D eigenvalue weighted by molar-refractivity contribution is 5.55. The van der Waals surface area contributed by atoms with Gasteiger partial charge in [0.1, 0.15) is 0 Å². The molecule has 1 aliphatic rings. The normalized spacial score (nSPS) is 17.1. The van der Waals surface area contributed by atoms with Crippen molar-refractivity contribution in [2.45, 2.75) is 97.4 Å². The van der Waals surface area contributed by atoms with Crippen LogP contribution in [0.5, 0.6) is 0 Å². The Balaban J connectivity index is 1.78. The van der Waals surface area contributed by atoms with Crippen LogP contribution >= 0.6 is 0 Å². The van der Waals surface area contributed by atoms with Gasteiger partial charge in [-0.25, -0.2) is 0 Å². The zero-order valence-electron chi connectivity index (χ0n) is 21.2. The van der Waals surface area contributed by atoms with Crippen molar-refractivity contribution < 1.29 is 0 Å². The second-order valence-corrected chi connectivity index (χ2v) is 9.97. The maximum absolute atomic E-state index is 3.96. The van der Waals surface area contributed by atoms with Gasteiger partial charge in [0.05, 0.1) is 0 Å². The number of benzene rings is 1. The molecule has 3 heteroatoms. The van der Waals surface area contributed by atoms with Gasteiger partial charge in [-0.2, -0.15) is 0 Å². The molecule has 1 aliphatic heterocycles. The fraction of sp³-hybridized carbons (Fsp3) is 0.786. The number of para-hydroxylation sites is 1. The highest BCUT2D eigenvalue weighted by atomic mass is 15.2. The molecule has 1 heterocycles. The zero-order valence-corrected chi connectivity index (χ0v) is 21.2. The second kappa shape index (κ2) is 15.7. The van der Waals surface area contributed by atoms with Gasteiger partial charge in [-0.3, -0.25) is 0 Å². The number of unbranched alkanes of at least 4 members (excludes halogenated alkanes) is 7. The average molecular weight is 430 g/mol. The molecule has 1 saturated heterocycles. The van der Waals surface area contributed by atoms with Crippen LogP contribution in [0, 0.1) is 5.92 Å². The predicted octanol–water partition coefficient (Wildman–Crippen LogP) is 7.04. The van der Waals surface area contributed by atoms with Gasteiger partial charge in [-0.15, -0.1) is 0 Å². The largest absolute Gasteiger partial charge is 0.369 e. The van der Waals surface area contributed by atoms with Crippen molar-refractivity contribution in [3.63, 3.8) is 0 Å². The third-order valence-electron chi connectivity index (χ3n) is 7.00. The van der Waals surface area contributed by atoms with Crippen LogP contribution in [0.3, 0.4) is 0 Å². The molecule has 0 spiro atoms. The van der Waals surface area contributed by atoms with E-state index >= 15 is 0 Å². The van der Waals surface area contributed by atoms with Gasteiger partial charge < -0.3 is 15.1 Å². The van der Waals surface area contributed by atoms with E-state index < -0.39 is 0 Å². The van der Waals surface area contributed by atoms with Crippen molar-refractivity contribution in [2.24, 2.45) is 5.92 Å². The minimum Gasteiger partial charge on any atom is -0.369 e. The van der Waals surface area contributed by atoms with Gasteiger partial charge in [0.15, 0.2) is 0 Å². The fourth-order valence-corrected chi connectivity index (χ4v) is 4.85. The zero-order chi connectivity index (χ0) is 22.3. The molecule has 2 unspecified atom stereocenters. The van der Waals surface area contributed by atoms with E-state index in [4.69, 9.17) is 0 Å². The quantitative estimate of drug-likeness (QED) is 0.284. The first-order chi connectivity index (χ1) is 15.2. The highest BCUT2D eigenvalue weighted by Gasteiger charge is 2.21. The standard InChI is InChI=1S/C28H51N3/c1-5-7-8-9-10-11-12-13-17-25(3)24-29-27(16-6-2)26-18-14-15-19-28(26)31-22-20-30(4)21-23-31/h14-15,18-19,25,27,29H,5-13,16-17,20-24H2,1-4H3. The van der Waals surface area contributed by atoms with Gasteiger partial charge >= 0.3 is 0 Å². The first-order valence-corrected chi connectivity index (χ1v) is 13.4. The van der Waals surface area contributed by atoms with Crippen LogP contribution in [-0.2, 0) is 0 Å². The number of nitrogens with zero attached hydrogens (tertiary/aromatic N) is 2. The first-order valence-electron chi connectivity index (χ1n) is 13.4. The lowest BCUT2D eigenvalue weighted by atomic mass is 9.97. The van der Waals surface area contributed by atoms with Crippen LogP contribution in [0.2, 0.25) is 0 Å². The molecule has 0 amide bonds. The van der Waals surface area contributed by atoms with E-state index in [-0.39, 0.29) is 0 Å². The molecule has 31 heavy (non-hydrogen) atoms. The molecular formula is C28H51N3. The maximum Gasteiger partial charge on any atom is 0.0415 e. The summed E-state index contributed by atoms with van der Waals surface area (Å²) in [5.41, 5.74) is 2.96. The molecule has 2 rings (SSSR count). The summed E-state index contributed by atoms with van der Waals surface area (Å²) < 4.78 is 0. The number of rotatable bonds is 16. The third-order valence-corrected chi connectivity index (χ3v) is 7.00. The molecule has 0 bridgehead atoms. The Labute approximate surface area is 194 Å². The summed E-state index contributed by atoms with van der Waals surface area (Å²) in [7, 11) is 2.23. The molecule has 1 aromatic rings. The van der Waals surface area contributed by atoms with Gasteiger partial charge in [0.25, 0.3) is 0 Å². The number of anilines is 1. The van der Waals surface area contributed by atoms with Gasteiger partial charge in [-0.1, -0.05) is 96.8 Å². The van der Waals surface area contributed by atoms with Crippen molar-refractivity contribution in [1.29, 1.82) is 0 Å². The molecule has 1 fully saturated rings. The van der Waals surface area contributed by atoms with Crippen LogP contribution in [0.4, 0.5) is 5.69 Å². The summed E-state index contributed by atoms with van der Waals surface area (Å²) in [4.78, 5) is 5.04. The third kappa shape index (κ3) is 9.95. The summed E-state index contributed by atoms with van der Waals surface area (Å²) >= 11 is 0. The van der Waals surface area contributed by atoms with Gasteiger partial charge in [0.2, 0.25) is 0 Å². The van der Waals surface area contributed by atoms with Crippen LogP contribution in [0.1, 0.15) is 103 Å². The minimum absolute atomic E-state index is 0.474. The SMILES string of the molecule is CCCCCCCCCCC(C)CNC(CCC)c1ccccc1N1CCN(C)CC1. The second-order valence-electron chi connectivity index (χ2n) is 9.97. The Morgan fingerprint density at radius 3 is 2.13 bits per heavy atom. The molecule has 0 aromatic heterocycles. The van der Waals surface area contributed by atoms with Crippen LogP contribution in [0.15, 0.2) is 24.3 Å². The fourth-order valence-electron chi connectivity index (χ4n) is 4.85. The van der Waals surface area contributed by atoms with Crippen LogP contribution in [-0.4, -0.2) is 44.7 Å². The summed E-state index contributed by atoms with van der Waals surface area (Å²) in [6, 6.07) is 9.62. The molecular weight excluding hydrogens is 378 g/mol. The summed E-state index contributed by atoms with van der Waals surface area (Å²) in [6.07, 6.45) is 15.1. The Kier molecular flexibility index (Phi) is 13.3. The minimum atomic E-state index is 0.474. The van der Waals surface area contributed by atoms with Crippen molar-refractivity contribution in [3.05, 3.63) is 29.8 Å². The first kappa shape index (κ1) is 26.2. The van der Waals surface area contributed by atoms with Gasteiger partial charge in [-0.05, 0) is 44.0 Å². The summed E-state index contributed by atoms with van der Waals surface area (Å²) in [5.74, 6) is 0.759. The van der Waals surface area contributed by atoms with Crippen molar-refractivity contribution in [3.8, 4) is 0 Å². The van der Waals surface area contributed by atoms with E-state index in [9.17, 15) is 0 Å². The molecule has 1 aromatic carbocycles. The molecule has 178 valence electrons. The molecule has 0 saturated carbocycles. The lowest BCUT2D eigenvalue weighted by molar-refractivity contribution is 0.312.